The van der Waals surface area contributed by atoms with Crippen molar-refractivity contribution in [1.82, 2.24) is 14.9 Å². The van der Waals surface area contributed by atoms with Gasteiger partial charge in [-0.2, -0.15) is 0 Å². The van der Waals surface area contributed by atoms with Crippen molar-refractivity contribution < 1.29 is 4.79 Å². The molecule has 0 amide bonds. The van der Waals surface area contributed by atoms with Crippen molar-refractivity contribution in [2.45, 2.75) is 19.8 Å². The van der Waals surface area contributed by atoms with Gasteiger partial charge in [-0.05, 0) is 44.0 Å². The van der Waals surface area contributed by atoms with Gasteiger partial charge in [-0.3, -0.25) is 4.79 Å². The van der Waals surface area contributed by atoms with Gasteiger partial charge < -0.3 is 10.6 Å². The van der Waals surface area contributed by atoms with Gasteiger partial charge in [-0.15, -0.1) is 12.4 Å². The molecule has 5 nitrogen and oxygen atoms in total. The third-order valence-electron chi connectivity index (χ3n) is 3.88. The molecule has 2 aromatic rings. The van der Waals surface area contributed by atoms with Crippen LogP contribution in [0.2, 0.25) is 0 Å². The molecule has 1 aliphatic heterocycles. The Bertz CT molecular complexity index is 619. The van der Waals surface area contributed by atoms with Gasteiger partial charge in [0.15, 0.2) is 0 Å². The summed E-state index contributed by atoms with van der Waals surface area (Å²) in [6, 6.07) is 7.74. The average molecular weight is 309 g/mol. The van der Waals surface area contributed by atoms with E-state index in [0.29, 0.717) is 11.9 Å². The van der Waals surface area contributed by atoms with E-state index in [1.54, 1.807) is 11.5 Å². The molecule has 1 aromatic heterocycles. The van der Waals surface area contributed by atoms with Gasteiger partial charge in [0, 0.05) is 13.5 Å². The number of rotatable bonds is 3. The maximum absolute atomic E-state index is 11.9. The summed E-state index contributed by atoms with van der Waals surface area (Å²) in [5.41, 5.74) is 1.73. The van der Waals surface area contributed by atoms with Crippen LogP contribution in [0.3, 0.4) is 0 Å². The normalized spacial score (nSPS) is 15.7. The fourth-order valence-corrected chi connectivity index (χ4v) is 2.78. The molecular weight excluding hydrogens is 288 g/mol. The highest BCUT2D eigenvalue weighted by atomic mass is 35.5. The van der Waals surface area contributed by atoms with Crippen LogP contribution in [0.15, 0.2) is 24.3 Å². The molecule has 0 radical (unpaired) electrons. The minimum absolute atomic E-state index is 0. The summed E-state index contributed by atoms with van der Waals surface area (Å²) < 4.78 is 1.66. The summed E-state index contributed by atoms with van der Waals surface area (Å²) in [5, 5.41) is 6.72. The fourth-order valence-electron chi connectivity index (χ4n) is 2.78. The number of halogens is 1. The number of para-hydroxylation sites is 2. The number of nitrogens with one attached hydrogen (secondary N) is 2. The Kier molecular flexibility index (Phi) is 5.20. The Balaban J connectivity index is 0.00000161. The number of imidazole rings is 1. The lowest BCUT2D eigenvalue weighted by molar-refractivity contribution is 0.0943. The number of hydrogen-bond donors (Lipinski definition) is 2. The number of nitrogens with zero attached hydrogens (tertiary/aromatic N) is 2. The second kappa shape index (κ2) is 6.91. The molecule has 21 heavy (non-hydrogen) atoms. The molecule has 3 rings (SSSR count). The molecule has 114 valence electrons. The Labute approximate surface area is 130 Å². The third kappa shape index (κ3) is 3.36. The van der Waals surface area contributed by atoms with Crippen LogP contribution in [-0.2, 0) is 0 Å². The number of anilines is 1. The van der Waals surface area contributed by atoms with Crippen LogP contribution in [-0.4, -0.2) is 35.1 Å². The molecule has 1 aliphatic rings. The van der Waals surface area contributed by atoms with Crippen LogP contribution < -0.4 is 10.6 Å². The number of aromatic nitrogens is 2. The quantitative estimate of drug-likeness (QED) is 0.915. The van der Waals surface area contributed by atoms with Crippen molar-refractivity contribution in [3.63, 3.8) is 0 Å². The van der Waals surface area contributed by atoms with Gasteiger partial charge >= 0.3 is 0 Å². The average Bonchev–Trinajstić information content (AvgIpc) is 2.84. The first-order valence-electron chi connectivity index (χ1n) is 7.18. The molecule has 1 fully saturated rings. The van der Waals surface area contributed by atoms with Crippen molar-refractivity contribution in [3.05, 3.63) is 24.3 Å². The van der Waals surface area contributed by atoms with E-state index in [-0.39, 0.29) is 18.3 Å². The summed E-state index contributed by atoms with van der Waals surface area (Å²) in [6.45, 7) is 4.60. The molecule has 2 N–H and O–H groups in total. The highest BCUT2D eigenvalue weighted by Crippen LogP contribution is 2.20. The van der Waals surface area contributed by atoms with E-state index in [4.69, 9.17) is 0 Å². The van der Waals surface area contributed by atoms with E-state index in [9.17, 15) is 4.79 Å². The zero-order chi connectivity index (χ0) is 13.9. The molecule has 0 saturated carbocycles. The van der Waals surface area contributed by atoms with Crippen molar-refractivity contribution in [2.75, 3.05) is 25.0 Å². The summed E-state index contributed by atoms with van der Waals surface area (Å²) in [6.07, 6.45) is 2.35. The van der Waals surface area contributed by atoms with Crippen LogP contribution in [0, 0.1) is 5.92 Å². The zero-order valence-electron chi connectivity index (χ0n) is 12.1. The third-order valence-corrected chi connectivity index (χ3v) is 3.88. The Morgan fingerprint density at radius 3 is 2.81 bits per heavy atom. The van der Waals surface area contributed by atoms with Crippen LogP contribution in [0.25, 0.3) is 11.0 Å². The van der Waals surface area contributed by atoms with Crippen LogP contribution in [0.1, 0.15) is 24.6 Å². The maximum Gasteiger partial charge on any atom is 0.230 e. The van der Waals surface area contributed by atoms with Crippen LogP contribution in [0.4, 0.5) is 5.95 Å². The summed E-state index contributed by atoms with van der Waals surface area (Å²) in [4.78, 5) is 16.4. The monoisotopic (exact) mass is 308 g/mol. The van der Waals surface area contributed by atoms with E-state index in [1.807, 2.05) is 24.3 Å². The first-order valence-corrected chi connectivity index (χ1v) is 7.18. The Hall–Kier alpha value is -1.59. The van der Waals surface area contributed by atoms with Gasteiger partial charge in [0.25, 0.3) is 0 Å². The lowest BCUT2D eigenvalue weighted by Crippen LogP contribution is -2.31. The molecule has 6 heteroatoms. The van der Waals surface area contributed by atoms with Crippen LogP contribution in [0.5, 0.6) is 0 Å². The molecular formula is C15H21ClN4O. The van der Waals surface area contributed by atoms with Gasteiger partial charge in [0.2, 0.25) is 11.9 Å². The number of piperidine rings is 1. The van der Waals surface area contributed by atoms with Gasteiger partial charge in [0.05, 0.1) is 11.0 Å². The molecule has 0 atom stereocenters. The second-order valence-corrected chi connectivity index (χ2v) is 5.35. The van der Waals surface area contributed by atoms with Crippen molar-refractivity contribution in [1.29, 1.82) is 0 Å². The summed E-state index contributed by atoms with van der Waals surface area (Å²) in [5.74, 6) is 1.31. The highest BCUT2D eigenvalue weighted by molar-refractivity contribution is 5.92. The minimum atomic E-state index is -0.00786. The van der Waals surface area contributed by atoms with E-state index >= 15 is 0 Å². The van der Waals surface area contributed by atoms with E-state index in [2.05, 4.69) is 15.6 Å². The molecule has 1 saturated heterocycles. The number of fused-ring (bicyclic) bond motifs is 1. The number of carbonyl (C=O) groups excluding carboxylic acids is 1. The minimum Gasteiger partial charge on any atom is -0.355 e. The number of hydrogen-bond acceptors (Lipinski definition) is 4. The lowest BCUT2D eigenvalue weighted by atomic mass is 9.98. The zero-order valence-corrected chi connectivity index (χ0v) is 12.9. The summed E-state index contributed by atoms with van der Waals surface area (Å²) in [7, 11) is 0. The summed E-state index contributed by atoms with van der Waals surface area (Å²) >= 11 is 0. The van der Waals surface area contributed by atoms with Crippen molar-refractivity contribution >= 4 is 35.3 Å². The highest BCUT2D eigenvalue weighted by Gasteiger charge is 2.16. The van der Waals surface area contributed by atoms with E-state index < -0.39 is 0 Å². The topological polar surface area (TPSA) is 59.0 Å². The molecule has 0 unspecified atom stereocenters. The predicted molar refractivity (Wildman–Crippen MR) is 87.4 cm³/mol. The van der Waals surface area contributed by atoms with Crippen molar-refractivity contribution in [3.8, 4) is 0 Å². The standard InChI is InChI=1S/C15H20N4O.ClH/c1-11(20)19-14-5-3-2-4-13(14)18-15(19)17-10-12-6-8-16-9-7-12;/h2-5,12,16H,6-10H2,1H3,(H,17,18);1H. The van der Waals surface area contributed by atoms with E-state index in [1.165, 1.54) is 12.8 Å². The maximum atomic E-state index is 11.9. The molecule has 0 bridgehead atoms. The largest absolute Gasteiger partial charge is 0.355 e. The number of carbonyl (C=O) groups is 1. The fraction of sp³-hybridized carbons (Fsp3) is 0.467. The van der Waals surface area contributed by atoms with Crippen LogP contribution >= 0.6 is 12.4 Å². The van der Waals surface area contributed by atoms with Gasteiger partial charge in [-0.1, -0.05) is 12.1 Å². The smallest absolute Gasteiger partial charge is 0.230 e. The number of benzene rings is 1. The molecule has 0 aliphatic carbocycles. The van der Waals surface area contributed by atoms with Crippen molar-refractivity contribution in [2.24, 2.45) is 5.92 Å². The molecule has 0 spiro atoms. The SMILES string of the molecule is CC(=O)n1c(NCC2CCNCC2)nc2ccccc21.Cl. The molecule has 1 aromatic carbocycles. The Morgan fingerprint density at radius 1 is 1.38 bits per heavy atom. The van der Waals surface area contributed by atoms with Gasteiger partial charge in [0.1, 0.15) is 0 Å². The van der Waals surface area contributed by atoms with Gasteiger partial charge in [-0.25, -0.2) is 9.55 Å². The Morgan fingerprint density at radius 2 is 2.10 bits per heavy atom. The lowest BCUT2D eigenvalue weighted by Gasteiger charge is -2.22. The second-order valence-electron chi connectivity index (χ2n) is 5.35. The predicted octanol–water partition coefficient (Wildman–Crippen LogP) is 2.53. The first-order chi connectivity index (χ1) is 9.75. The molecule has 2 heterocycles. The first kappa shape index (κ1) is 15.8. The van der Waals surface area contributed by atoms with E-state index in [0.717, 1.165) is 30.7 Å².